The van der Waals surface area contributed by atoms with Gasteiger partial charge >= 0.3 is 5.97 Å². The van der Waals surface area contributed by atoms with Gasteiger partial charge in [-0.2, -0.15) is 0 Å². The lowest BCUT2D eigenvalue weighted by atomic mass is 10.1. The van der Waals surface area contributed by atoms with Gasteiger partial charge in [-0.15, -0.1) is 0 Å². The summed E-state index contributed by atoms with van der Waals surface area (Å²) < 4.78 is 19.2. The van der Waals surface area contributed by atoms with E-state index >= 15 is 0 Å². The SMILES string of the molecule is CC(C)(C)OC(=O)C1CCN(Cc2c(N)cccc2F)C1. The van der Waals surface area contributed by atoms with Crippen LogP contribution in [0.2, 0.25) is 0 Å². The number of likely N-dealkylation sites (tertiary alicyclic amines) is 1. The summed E-state index contributed by atoms with van der Waals surface area (Å²) in [6.07, 6.45) is 0.739. The zero-order chi connectivity index (χ0) is 15.6. The molecule has 1 fully saturated rings. The number of carbonyl (C=O) groups excluding carboxylic acids is 1. The van der Waals surface area contributed by atoms with E-state index in [1.54, 1.807) is 12.1 Å². The third kappa shape index (κ3) is 4.17. The van der Waals surface area contributed by atoms with Gasteiger partial charge in [-0.25, -0.2) is 4.39 Å². The Morgan fingerprint density at radius 2 is 2.19 bits per heavy atom. The Morgan fingerprint density at radius 1 is 1.48 bits per heavy atom. The molecule has 21 heavy (non-hydrogen) atoms. The van der Waals surface area contributed by atoms with Crippen molar-refractivity contribution in [1.82, 2.24) is 4.90 Å². The first-order valence-corrected chi connectivity index (χ1v) is 7.24. The maximum Gasteiger partial charge on any atom is 0.310 e. The molecule has 1 aliphatic rings. The number of benzene rings is 1. The number of esters is 1. The first kappa shape index (κ1) is 15.8. The molecule has 2 N–H and O–H groups in total. The average molecular weight is 294 g/mol. The molecule has 0 saturated carbocycles. The number of hydrogen-bond donors (Lipinski definition) is 1. The van der Waals surface area contributed by atoms with Crippen molar-refractivity contribution < 1.29 is 13.9 Å². The molecule has 1 aromatic rings. The number of halogens is 1. The smallest absolute Gasteiger partial charge is 0.310 e. The van der Waals surface area contributed by atoms with E-state index in [-0.39, 0.29) is 17.7 Å². The van der Waals surface area contributed by atoms with Crippen LogP contribution in [0.25, 0.3) is 0 Å². The lowest BCUT2D eigenvalue weighted by Crippen LogP contribution is -2.30. The summed E-state index contributed by atoms with van der Waals surface area (Å²) in [6.45, 7) is 7.34. The Labute approximate surface area is 125 Å². The molecule has 4 nitrogen and oxygen atoms in total. The van der Waals surface area contributed by atoms with Crippen molar-refractivity contribution in [3.8, 4) is 0 Å². The van der Waals surface area contributed by atoms with Crippen LogP contribution < -0.4 is 5.73 Å². The van der Waals surface area contributed by atoms with Crippen LogP contribution in [0.1, 0.15) is 32.8 Å². The van der Waals surface area contributed by atoms with Crippen molar-refractivity contribution in [2.45, 2.75) is 39.3 Å². The highest BCUT2D eigenvalue weighted by molar-refractivity contribution is 5.73. The number of carbonyl (C=O) groups is 1. The normalized spacial score (nSPS) is 19.7. The molecular weight excluding hydrogens is 271 g/mol. The highest BCUT2D eigenvalue weighted by Gasteiger charge is 2.32. The second kappa shape index (κ2) is 6.02. The molecule has 5 heteroatoms. The summed E-state index contributed by atoms with van der Waals surface area (Å²) in [6, 6.07) is 4.70. The molecule has 1 atom stereocenters. The lowest BCUT2D eigenvalue weighted by Gasteiger charge is -2.22. The van der Waals surface area contributed by atoms with Crippen LogP contribution in [-0.2, 0) is 16.1 Å². The van der Waals surface area contributed by atoms with Gasteiger partial charge in [-0.05, 0) is 45.9 Å². The quantitative estimate of drug-likeness (QED) is 0.687. The van der Waals surface area contributed by atoms with Crippen LogP contribution in [0.15, 0.2) is 18.2 Å². The molecular formula is C16H23FN2O2. The minimum Gasteiger partial charge on any atom is -0.460 e. The molecule has 2 rings (SSSR count). The number of ether oxygens (including phenoxy) is 1. The van der Waals surface area contributed by atoms with Crippen LogP contribution in [0, 0.1) is 11.7 Å². The van der Waals surface area contributed by atoms with E-state index in [0.29, 0.717) is 24.3 Å². The van der Waals surface area contributed by atoms with E-state index in [1.165, 1.54) is 6.07 Å². The van der Waals surface area contributed by atoms with Gasteiger partial charge in [-0.1, -0.05) is 6.07 Å². The second-order valence-electron chi connectivity index (χ2n) is 6.56. The maximum absolute atomic E-state index is 13.8. The largest absolute Gasteiger partial charge is 0.460 e. The second-order valence-corrected chi connectivity index (χ2v) is 6.56. The molecule has 0 aliphatic carbocycles. The lowest BCUT2D eigenvalue weighted by molar-refractivity contribution is -0.159. The Bertz CT molecular complexity index is 505. The van der Waals surface area contributed by atoms with Gasteiger partial charge < -0.3 is 10.5 Å². The van der Waals surface area contributed by atoms with Gasteiger partial charge in [0.1, 0.15) is 11.4 Å². The van der Waals surface area contributed by atoms with Gasteiger partial charge in [0.2, 0.25) is 0 Å². The number of rotatable bonds is 3. The molecule has 0 spiro atoms. The highest BCUT2D eigenvalue weighted by Crippen LogP contribution is 2.25. The Morgan fingerprint density at radius 3 is 2.81 bits per heavy atom. The predicted octanol–water partition coefficient (Wildman–Crippen LogP) is 2.57. The van der Waals surface area contributed by atoms with Crippen molar-refractivity contribution in [3.05, 3.63) is 29.6 Å². The number of nitrogen functional groups attached to an aromatic ring is 1. The van der Waals surface area contributed by atoms with Crippen molar-refractivity contribution in [2.75, 3.05) is 18.8 Å². The van der Waals surface area contributed by atoms with Gasteiger partial charge in [0.25, 0.3) is 0 Å². The molecule has 1 aliphatic heterocycles. The molecule has 0 aromatic heterocycles. The fourth-order valence-electron chi connectivity index (χ4n) is 2.52. The first-order valence-electron chi connectivity index (χ1n) is 7.24. The summed E-state index contributed by atoms with van der Waals surface area (Å²) in [7, 11) is 0. The van der Waals surface area contributed by atoms with Gasteiger partial charge in [0, 0.05) is 24.3 Å². The predicted molar refractivity (Wildman–Crippen MR) is 80.0 cm³/mol. The van der Waals surface area contributed by atoms with Gasteiger partial charge in [-0.3, -0.25) is 9.69 Å². The fourth-order valence-corrected chi connectivity index (χ4v) is 2.52. The topological polar surface area (TPSA) is 55.6 Å². The number of hydrogen-bond acceptors (Lipinski definition) is 4. The van der Waals surface area contributed by atoms with E-state index in [0.717, 1.165) is 13.0 Å². The first-order chi connectivity index (χ1) is 9.76. The van der Waals surface area contributed by atoms with Crippen LogP contribution in [-0.4, -0.2) is 29.6 Å². The van der Waals surface area contributed by atoms with Crippen molar-refractivity contribution in [3.63, 3.8) is 0 Å². The molecule has 0 amide bonds. The summed E-state index contributed by atoms with van der Waals surface area (Å²) >= 11 is 0. The van der Waals surface area contributed by atoms with E-state index in [9.17, 15) is 9.18 Å². The minimum absolute atomic E-state index is 0.141. The molecule has 1 heterocycles. The minimum atomic E-state index is -0.472. The number of anilines is 1. The Kier molecular flexibility index (Phi) is 4.52. The monoisotopic (exact) mass is 294 g/mol. The summed E-state index contributed by atoms with van der Waals surface area (Å²) in [5.74, 6) is -0.612. The molecule has 0 bridgehead atoms. The van der Waals surface area contributed by atoms with Crippen LogP contribution in [0.4, 0.5) is 10.1 Å². The third-order valence-electron chi connectivity index (χ3n) is 3.55. The number of nitrogens with two attached hydrogens (primary N) is 1. The average Bonchev–Trinajstić information content (AvgIpc) is 2.80. The van der Waals surface area contributed by atoms with E-state index in [1.807, 2.05) is 25.7 Å². The highest BCUT2D eigenvalue weighted by atomic mass is 19.1. The van der Waals surface area contributed by atoms with Gasteiger partial charge in [0.15, 0.2) is 0 Å². The number of nitrogens with zero attached hydrogens (tertiary/aromatic N) is 1. The maximum atomic E-state index is 13.8. The Balaban J connectivity index is 1.95. The van der Waals surface area contributed by atoms with Crippen molar-refractivity contribution in [1.29, 1.82) is 0 Å². The zero-order valence-electron chi connectivity index (χ0n) is 12.9. The van der Waals surface area contributed by atoms with E-state index in [4.69, 9.17) is 10.5 Å². The van der Waals surface area contributed by atoms with Crippen LogP contribution in [0.3, 0.4) is 0 Å². The van der Waals surface area contributed by atoms with Gasteiger partial charge in [0.05, 0.1) is 5.92 Å². The standard InChI is InChI=1S/C16H23FN2O2/c1-16(2,3)21-15(20)11-7-8-19(9-11)10-12-13(17)5-4-6-14(12)18/h4-6,11H,7-10,18H2,1-3H3. The zero-order valence-corrected chi connectivity index (χ0v) is 12.9. The summed E-state index contributed by atoms with van der Waals surface area (Å²) in [4.78, 5) is 14.1. The van der Waals surface area contributed by atoms with Crippen LogP contribution >= 0.6 is 0 Å². The third-order valence-corrected chi connectivity index (χ3v) is 3.55. The molecule has 1 aromatic carbocycles. The molecule has 1 unspecified atom stereocenters. The molecule has 116 valence electrons. The van der Waals surface area contributed by atoms with E-state index < -0.39 is 5.60 Å². The Hall–Kier alpha value is -1.62. The van der Waals surface area contributed by atoms with Crippen LogP contribution in [0.5, 0.6) is 0 Å². The fraction of sp³-hybridized carbons (Fsp3) is 0.562. The van der Waals surface area contributed by atoms with Crippen molar-refractivity contribution in [2.24, 2.45) is 5.92 Å². The molecule has 0 radical (unpaired) electrons. The summed E-state index contributed by atoms with van der Waals surface area (Å²) in [5.41, 5.74) is 6.30. The molecule has 1 saturated heterocycles. The van der Waals surface area contributed by atoms with Crippen molar-refractivity contribution >= 4 is 11.7 Å². The van der Waals surface area contributed by atoms with E-state index in [2.05, 4.69) is 0 Å². The summed E-state index contributed by atoms with van der Waals surface area (Å²) in [5, 5.41) is 0.